The van der Waals surface area contributed by atoms with Gasteiger partial charge in [0, 0.05) is 12.5 Å². The van der Waals surface area contributed by atoms with Crippen LogP contribution in [0.2, 0.25) is 0 Å². The summed E-state index contributed by atoms with van der Waals surface area (Å²) in [6, 6.07) is 0. The van der Waals surface area contributed by atoms with E-state index < -0.39 is 55.4 Å². The maximum atomic E-state index is 12.6. The Morgan fingerprint density at radius 3 is 1.82 bits per heavy atom. The van der Waals surface area contributed by atoms with E-state index in [9.17, 15) is 30.0 Å². The number of carbonyl (C=O) groups is 2. The van der Waals surface area contributed by atoms with Gasteiger partial charge in [-0.3, -0.25) is 4.79 Å². The van der Waals surface area contributed by atoms with Crippen LogP contribution in [0.5, 0.6) is 0 Å². The van der Waals surface area contributed by atoms with Gasteiger partial charge < -0.3 is 39.4 Å². The van der Waals surface area contributed by atoms with Crippen molar-refractivity contribution in [3.05, 3.63) is 60.8 Å². The Morgan fingerprint density at radius 1 is 0.636 bits per heavy atom. The zero-order chi connectivity index (χ0) is 40.2. The molecule has 10 heteroatoms. The van der Waals surface area contributed by atoms with Gasteiger partial charge in [0.2, 0.25) is 0 Å². The summed E-state index contributed by atoms with van der Waals surface area (Å²) in [6.07, 6.45) is 35.7. The first-order chi connectivity index (χ1) is 26.8. The average molecular weight is 777 g/mol. The lowest BCUT2D eigenvalue weighted by Gasteiger charge is -2.39. The third-order valence-corrected chi connectivity index (χ3v) is 9.49. The van der Waals surface area contributed by atoms with Gasteiger partial charge in [-0.15, -0.1) is 0 Å². The molecule has 0 aliphatic carbocycles. The molecular weight excluding hydrogens is 700 g/mol. The summed E-state index contributed by atoms with van der Waals surface area (Å²) in [5.41, 5.74) is 0. The lowest BCUT2D eigenvalue weighted by Crippen LogP contribution is -2.59. The van der Waals surface area contributed by atoms with Gasteiger partial charge in [0.1, 0.15) is 31.0 Å². The average Bonchev–Trinajstić information content (AvgIpc) is 3.18. The van der Waals surface area contributed by atoms with Crippen LogP contribution in [-0.4, -0.2) is 89.0 Å². The lowest BCUT2D eigenvalue weighted by atomic mass is 9.99. The predicted octanol–water partition coefficient (Wildman–Crippen LogP) is 8.66. The van der Waals surface area contributed by atoms with E-state index >= 15 is 0 Å². The van der Waals surface area contributed by atoms with Crippen LogP contribution in [0.4, 0.5) is 0 Å². The molecule has 1 fully saturated rings. The fourth-order valence-electron chi connectivity index (χ4n) is 6.11. The molecule has 4 N–H and O–H groups in total. The molecule has 1 rings (SSSR count). The number of rotatable bonds is 34. The number of aliphatic hydroxyl groups is 4. The smallest absolute Gasteiger partial charge is 0.331 e. The molecule has 0 radical (unpaired) electrons. The molecule has 0 amide bonds. The minimum absolute atomic E-state index is 0.234. The van der Waals surface area contributed by atoms with Crippen molar-refractivity contribution >= 4 is 11.9 Å². The van der Waals surface area contributed by atoms with Gasteiger partial charge in [-0.25, -0.2) is 4.79 Å². The number of ether oxygens (including phenoxy) is 4. The van der Waals surface area contributed by atoms with Crippen molar-refractivity contribution in [3.8, 4) is 0 Å². The van der Waals surface area contributed by atoms with Crippen molar-refractivity contribution in [3.63, 3.8) is 0 Å². The molecule has 1 aliphatic rings. The molecule has 6 atom stereocenters. The van der Waals surface area contributed by atoms with Gasteiger partial charge >= 0.3 is 11.9 Å². The van der Waals surface area contributed by atoms with Crippen LogP contribution in [0.3, 0.4) is 0 Å². The fraction of sp³-hybridized carbons (Fsp3) is 0.733. The molecule has 1 aliphatic heterocycles. The van der Waals surface area contributed by atoms with Crippen molar-refractivity contribution < 1.29 is 49.0 Å². The van der Waals surface area contributed by atoms with Crippen molar-refractivity contribution in [2.45, 2.75) is 192 Å². The SMILES string of the molecule is CC/C=C/C/C=C/C/C=C/CCCCCCCC(=O)OC[C@@H](CO[C@H]1O[C@@H](CO)[C@@H](O)C(O)C1O)OC(=O)/C=C/C=C/CCCCCCCCCCCCC. The molecule has 10 nitrogen and oxygen atoms in total. The summed E-state index contributed by atoms with van der Waals surface area (Å²) < 4.78 is 21.9. The van der Waals surface area contributed by atoms with E-state index in [0.717, 1.165) is 64.2 Å². The number of unbranched alkanes of at least 4 members (excludes halogenated alkanes) is 16. The molecule has 0 spiro atoms. The van der Waals surface area contributed by atoms with Crippen molar-refractivity contribution in [1.29, 1.82) is 0 Å². The van der Waals surface area contributed by atoms with Crippen LogP contribution in [0, 0.1) is 0 Å². The molecule has 0 aromatic heterocycles. The van der Waals surface area contributed by atoms with Gasteiger partial charge in [-0.1, -0.05) is 152 Å². The molecule has 2 unspecified atom stereocenters. The minimum Gasteiger partial charge on any atom is -0.462 e. The zero-order valence-corrected chi connectivity index (χ0v) is 34.2. The van der Waals surface area contributed by atoms with Crippen LogP contribution in [-0.2, 0) is 28.5 Å². The Bertz CT molecular complexity index is 1080. The van der Waals surface area contributed by atoms with Crippen LogP contribution in [0.15, 0.2) is 60.8 Å². The summed E-state index contributed by atoms with van der Waals surface area (Å²) in [4.78, 5) is 25.2. The molecule has 316 valence electrons. The highest BCUT2D eigenvalue weighted by Crippen LogP contribution is 2.22. The predicted molar refractivity (Wildman–Crippen MR) is 219 cm³/mol. The summed E-state index contributed by atoms with van der Waals surface area (Å²) in [7, 11) is 0. The van der Waals surface area contributed by atoms with Crippen LogP contribution < -0.4 is 0 Å². The van der Waals surface area contributed by atoms with Crippen molar-refractivity contribution in [2.75, 3.05) is 19.8 Å². The highest BCUT2D eigenvalue weighted by atomic mass is 16.7. The number of carbonyl (C=O) groups excluding carboxylic acids is 2. The van der Waals surface area contributed by atoms with Crippen LogP contribution in [0.1, 0.15) is 155 Å². The second-order valence-corrected chi connectivity index (χ2v) is 14.5. The quantitative estimate of drug-likeness (QED) is 0.0164. The molecule has 55 heavy (non-hydrogen) atoms. The van der Waals surface area contributed by atoms with Crippen molar-refractivity contribution in [1.82, 2.24) is 0 Å². The number of hydrogen-bond donors (Lipinski definition) is 4. The van der Waals surface area contributed by atoms with Gasteiger partial charge in [0.25, 0.3) is 0 Å². The molecule has 0 aromatic carbocycles. The number of allylic oxidation sites excluding steroid dienone is 9. The largest absolute Gasteiger partial charge is 0.462 e. The van der Waals surface area contributed by atoms with E-state index in [1.807, 2.05) is 6.08 Å². The Labute approximate surface area is 332 Å². The summed E-state index contributed by atoms with van der Waals surface area (Å²) in [5.74, 6) is -1.08. The fourth-order valence-corrected chi connectivity index (χ4v) is 6.11. The molecule has 0 bridgehead atoms. The van der Waals surface area contributed by atoms with Crippen LogP contribution >= 0.6 is 0 Å². The van der Waals surface area contributed by atoms with E-state index in [1.165, 1.54) is 70.3 Å². The number of esters is 2. The lowest BCUT2D eigenvalue weighted by molar-refractivity contribution is -0.305. The number of aliphatic hydroxyl groups excluding tert-OH is 4. The van der Waals surface area contributed by atoms with Gasteiger partial charge in [-0.05, 0) is 51.4 Å². The Kier molecular flexibility index (Phi) is 32.8. The normalized spacial score (nSPS) is 21.2. The van der Waals surface area contributed by atoms with Gasteiger partial charge in [0.05, 0.1) is 13.2 Å². The third kappa shape index (κ3) is 27.6. The maximum absolute atomic E-state index is 12.6. The standard InChI is InChI=1S/C45H76O10/c1-3-5-7-9-11-13-15-17-19-21-23-25-27-29-31-33-40(47)52-36-38(37-53-45-44(51)43(50)42(49)39(35-46)55-45)54-41(48)34-32-30-28-26-24-22-20-18-16-14-12-10-8-6-4-2/h5,7,11,13,17,19,28,30,32,34,38-39,42-46,49-51H,3-4,6,8-10,12,14-16,18,20-27,29,31,33,35-37H2,1-2H3/b7-5+,13-11+,19-17+,30-28+,34-32+/t38-,39-,42+,43?,44?,45-/m0/s1. The van der Waals surface area contributed by atoms with Crippen molar-refractivity contribution in [2.24, 2.45) is 0 Å². The van der Waals surface area contributed by atoms with E-state index in [-0.39, 0.29) is 19.6 Å². The van der Waals surface area contributed by atoms with Gasteiger partial charge in [0.15, 0.2) is 12.4 Å². The van der Waals surface area contributed by atoms with Crippen LogP contribution in [0.25, 0.3) is 0 Å². The monoisotopic (exact) mass is 777 g/mol. The molecule has 0 saturated carbocycles. The van der Waals surface area contributed by atoms with E-state index in [1.54, 1.807) is 12.2 Å². The summed E-state index contributed by atoms with van der Waals surface area (Å²) in [5, 5.41) is 40.0. The first-order valence-electron chi connectivity index (χ1n) is 21.4. The van der Waals surface area contributed by atoms with Gasteiger partial charge in [-0.2, -0.15) is 0 Å². The third-order valence-electron chi connectivity index (χ3n) is 9.49. The zero-order valence-electron chi connectivity index (χ0n) is 34.2. The first-order valence-corrected chi connectivity index (χ1v) is 21.4. The summed E-state index contributed by atoms with van der Waals surface area (Å²) >= 11 is 0. The topological polar surface area (TPSA) is 152 Å². The van der Waals surface area contributed by atoms with E-state index in [4.69, 9.17) is 18.9 Å². The Morgan fingerprint density at radius 2 is 1.20 bits per heavy atom. The first kappa shape index (κ1) is 50.4. The highest BCUT2D eigenvalue weighted by Gasteiger charge is 2.44. The maximum Gasteiger partial charge on any atom is 0.331 e. The molecule has 1 saturated heterocycles. The van der Waals surface area contributed by atoms with E-state index in [2.05, 4.69) is 50.3 Å². The molecule has 0 aromatic rings. The minimum atomic E-state index is -1.61. The highest BCUT2D eigenvalue weighted by molar-refractivity contribution is 5.82. The second kappa shape index (κ2) is 35.8. The Balaban J connectivity index is 2.42. The summed E-state index contributed by atoms with van der Waals surface area (Å²) in [6.45, 7) is 3.17. The second-order valence-electron chi connectivity index (χ2n) is 14.5. The number of hydrogen-bond acceptors (Lipinski definition) is 10. The molecule has 1 heterocycles. The Hall–Kier alpha value is -2.60. The van der Waals surface area contributed by atoms with E-state index in [0.29, 0.717) is 6.42 Å². The molecular formula is C45H76O10.